The molecule has 1 saturated heterocycles. The SMILES string of the molecule is COc1ccc(C2(C(=O)Nc3ccc(OCC(C)C)c4ncccc34)CCOCC2)cc1. The molecule has 1 aliphatic heterocycles. The van der Waals surface area contributed by atoms with E-state index in [0.29, 0.717) is 38.6 Å². The molecule has 0 aliphatic carbocycles. The Kier molecular flexibility index (Phi) is 6.61. The molecular formula is C26H30N2O4. The maximum absolute atomic E-state index is 13.7. The van der Waals surface area contributed by atoms with Crippen molar-refractivity contribution in [3.8, 4) is 11.5 Å². The number of anilines is 1. The minimum atomic E-state index is -0.661. The summed E-state index contributed by atoms with van der Waals surface area (Å²) in [5.41, 5.74) is 1.79. The number of rotatable bonds is 7. The summed E-state index contributed by atoms with van der Waals surface area (Å²) in [6.45, 7) is 5.92. The molecule has 0 spiro atoms. The molecule has 6 nitrogen and oxygen atoms in total. The van der Waals surface area contributed by atoms with Gasteiger partial charge < -0.3 is 19.5 Å². The Morgan fingerprint density at radius 2 is 1.88 bits per heavy atom. The standard InChI is InChI=1S/C26H30N2O4/c1-18(2)17-32-23-11-10-22(21-5-4-14-27-24(21)23)28-25(29)26(12-15-31-16-13-26)19-6-8-20(30-3)9-7-19/h4-11,14,18H,12-13,15-17H2,1-3H3,(H,28,29). The van der Waals surface area contributed by atoms with Gasteiger partial charge in [0.25, 0.3) is 0 Å². The van der Waals surface area contributed by atoms with Gasteiger partial charge in [0.15, 0.2) is 0 Å². The summed E-state index contributed by atoms with van der Waals surface area (Å²) in [5, 5.41) is 4.05. The fraction of sp³-hybridized carbons (Fsp3) is 0.385. The van der Waals surface area contributed by atoms with Crippen LogP contribution < -0.4 is 14.8 Å². The van der Waals surface area contributed by atoms with Crippen LogP contribution in [-0.4, -0.2) is 37.8 Å². The van der Waals surface area contributed by atoms with Crippen molar-refractivity contribution in [1.82, 2.24) is 4.98 Å². The van der Waals surface area contributed by atoms with Crippen LogP contribution in [0.4, 0.5) is 5.69 Å². The molecule has 6 heteroatoms. The fourth-order valence-corrected chi connectivity index (χ4v) is 4.15. The first-order valence-electron chi connectivity index (χ1n) is 11.1. The molecule has 0 unspecified atom stereocenters. The zero-order valence-electron chi connectivity index (χ0n) is 18.9. The maximum atomic E-state index is 13.7. The zero-order chi connectivity index (χ0) is 22.6. The molecule has 32 heavy (non-hydrogen) atoms. The summed E-state index contributed by atoms with van der Waals surface area (Å²) < 4.78 is 16.9. The summed E-state index contributed by atoms with van der Waals surface area (Å²) in [6.07, 6.45) is 2.99. The van der Waals surface area contributed by atoms with Crippen LogP contribution in [0.2, 0.25) is 0 Å². The highest BCUT2D eigenvalue weighted by atomic mass is 16.5. The number of carbonyl (C=O) groups is 1. The molecule has 1 aliphatic rings. The largest absolute Gasteiger partial charge is 0.497 e. The number of pyridine rings is 1. The number of aromatic nitrogens is 1. The predicted octanol–water partition coefficient (Wildman–Crippen LogP) is 4.97. The molecule has 0 bridgehead atoms. The molecule has 0 atom stereocenters. The van der Waals surface area contributed by atoms with Gasteiger partial charge in [-0.2, -0.15) is 0 Å². The monoisotopic (exact) mass is 434 g/mol. The van der Waals surface area contributed by atoms with Crippen molar-refractivity contribution < 1.29 is 19.0 Å². The topological polar surface area (TPSA) is 69.7 Å². The quantitative estimate of drug-likeness (QED) is 0.569. The van der Waals surface area contributed by atoms with E-state index in [9.17, 15) is 4.79 Å². The Morgan fingerprint density at radius 1 is 1.12 bits per heavy atom. The highest BCUT2D eigenvalue weighted by molar-refractivity contribution is 6.06. The first-order valence-corrected chi connectivity index (χ1v) is 11.1. The summed E-state index contributed by atoms with van der Waals surface area (Å²) in [5.74, 6) is 1.87. The predicted molar refractivity (Wildman–Crippen MR) is 125 cm³/mol. The van der Waals surface area contributed by atoms with Crippen LogP contribution in [0, 0.1) is 5.92 Å². The van der Waals surface area contributed by atoms with Crippen LogP contribution in [0.5, 0.6) is 11.5 Å². The van der Waals surface area contributed by atoms with E-state index < -0.39 is 5.41 Å². The molecule has 1 fully saturated rings. The molecule has 0 radical (unpaired) electrons. The summed E-state index contributed by atoms with van der Waals surface area (Å²) in [6, 6.07) is 15.4. The molecule has 168 valence electrons. The minimum absolute atomic E-state index is 0.0352. The van der Waals surface area contributed by atoms with Gasteiger partial charge in [0.05, 0.1) is 24.8 Å². The molecule has 1 amide bonds. The lowest BCUT2D eigenvalue weighted by Gasteiger charge is -2.36. The van der Waals surface area contributed by atoms with Crippen molar-refractivity contribution in [2.75, 3.05) is 32.2 Å². The summed E-state index contributed by atoms with van der Waals surface area (Å²) >= 11 is 0. The number of hydrogen-bond acceptors (Lipinski definition) is 5. The highest BCUT2D eigenvalue weighted by Gasteiger charge is 2.42. The van der Waals surface area contributed by atoms with Crippen LogP contribution in [0.3, 0.4) is 0 Å². The van der Waals surface area contributed by atoms with Gasteiger partial charge in [-0.1, -0.05) is 26.0 Å². The number of nitrogens with zero attached hydrogens (tertiary/aromatic N) is 1. The molecule has 3 aromatic rings. The molecule has 2 aromatic carbocycles. The molecule has 4 rings (SSSR count). The van der Waals surface area contributed by atoms with Gasteiger partial charge in [-0.05, 0) is 60.7 Å². The van der Waals surface area contributed by atoms with Crippen LogP contribution >= 0.6 is 0 Å². The van der Waals surface area contributed by atoms with Crippen LogP contribution in [0.1, 0.15) is 32.3 Å². The van der Waals surface area contributed by atoms with E-state index in [0.717, 1.165) is 33.7 Å². The number of amides is 1. The van der Waals surface area contributed by atoms with Gasteiger partial charge >= 0.3 is 0 Å². The average molecular weight is 435 g/mol. The molecule has 2 heterocycles. The maximum Gasteiger partial charge on any atom is 0.235 e. The lowest BCUT2D eigenvalue weighted by atomic mass is 9.73. The highest BCUT2D eigenvalue weighted by Crippen LogP contribution is 2.38. The van der Waals surface area contributed by atoms with Crippen molar-refractivity contribution >= 4 is 22.5 Å². The van der Waals surface area contributed by atoms with Crippen molar-refractivity contribution in [3.63, 3.8) is 0 Å². The third-order valence-corrected chi connectivity index (χ3v) is 5.98. The van der Waals surface area contributed by atoms with E-state index >= 15 is 0 Å². The lowest BCUT2D eigenvalue weighted by molar-refractivity contribution is -0.125. The number of benzene rings is 2. The molecule has 1 aromatic heterocycles. The lowest BCUT2D eigenvalue weighted by Crippen LogP contribution is -2.44. The number of methoxy groups -OCH3 is 1. The van der Waals surface area contributed by atoms with Gasteiger partial charge in [-0.3, -0.25) is 9.78 Å². The summed E-state index contributed by atoms with van der Waals surface area (Å²) in [7, 11) is 1.64. The van der Waals surface area contributed by atoms with Gasteiger partial charge in [0.2, 0.25) is 5.91 Å². The number of hydrogen-bond donors (Lipinski definition) is 1. The van der Waals surface area contributed by atoms with Crippen LogP contribution in [0.15, 0.2) is 54.7 Å². The van der Waals surface area contributed by atoms with Crippen molar-refractivity contribution in [2.45, 2.75) is 32.1 Å². The van der Waals surface area contributed by atoms with E-state index in [2.05, 4.69) is 24.1 Å². The average Bonchev–Trinajstić information content (AvgIpc) is 2.84. The van der Waals surface area contributed by atoms with E-state index in [1.165, 1.54) is 0 Å². The number of fused-ring (bicyclic) bond motifs is 1. The van der Waals surface area contributed by atoms with Crippen LogP contribution in [-0.2, 0) is 14.9 Å². The first-order chi connectivity index (χ1) is 15.5. The molecule has 1 N–H and O–H groups in total. The Labute approximate surface area is 188 Å². The first kappa shape index (κ1) is 22.1. The van der Waals surface area contributed by atoms with Gasteiger partial charge in [-0.25, -0.2) is 0 Å². The third kappa shape index (κ3) is 4.41. The normalized spacial score (nSPS) is 15.5. The Balaban J connectivity index is 1.67. The second kappa shape index (κ2) is 9.57. The summed E-state index contributed by atoms with van der Waals surface area (Å²) in [4.78, 5) is 18.3. The van der Waals surface area contributed by atoms with Crippen LogP contribution in [0.25, 0.3) is 10.9 Å². The van der Waals surface area contributed by atoms with Gasteiger partial charge in [-0.15, -0.1) is 0 Å². The van der Waals surface area contributed by atoms with E-state index in [-0.39, 0.29) is 5.91 Å². The minimum Gasteiger partial charge on any atom is -0.497 e. The second-order valence-corrected chi connectivity index (χ2v) is 8.59. The second-order valence-electron chi connectivity index (χ2n) is 8.59. The van der Waals surface area contributed by atoms with E-state index in [1.54, 1.807) is 13.3 Å². The van der Waals surface area contributed by atoms with Crippen molar-refractivity contribution in [3.05, 3.63) is 60.3 Å². The number of nitrogens with one attached hydrogen (secondary N) is 1. The number of ether oxygens (including phenoxy) is 3. The number of carbonyl (C=O) groups excluding carboxylic acids is 1. The zero-order valence-corrected chi connectivity index (χ0v) is 18.9. The smallest absolute Gasteiger partial charge is 0.235 e. The Morgan fingerprint density at radius 3 is 2.56 bits per heavy atom. The van der Waals surface area contributed by atoms with Crippen molar-refractivity contribution in [2.24, 2.45) is 5.92 Å². The van der Waals surface area contributed by atoms with Crippen molar-refractivity contribution in [1.29, 1.82) is 0 Å². The van der Waals surface area contributed by atoms with E-state index in [1.807, 2.05) is 48.5 Å². The molecule has 0 saturated carbocycles. The Bertz CT molecular complexity index is 1070. The van der Waals surface area contributed by atoms with E-state index in [4.69, 9.17) is 14.2 Å². The van der Waals surface area contributed by atoms with Gasteiger partial charge in [0.1, 0.15) is 17.0 Å². The third-order valence-electron chi connectivity index (χ3n) is 5.98. The Hall–Kier alpha value is -3.12. The molecular weight excluding hydrogens is 404 g/mol. The van der Waals surface area contributed by atoms with Gasteiger partial charge in [0, 0.05) is 24.8 Å². The fourth-order valence-electron chi connectivity index (χ4n) is 4.15.